The molecule has 33 heavy (non-hydrogen) atoms. The smallest absolute Gasteiger partial charge is 0.423 e. The summed E-state index contributed by atoms with van der Waals surface area (Å²) in [5.74, 6) is 0. The average molecular weight is 492 g/mol. The molecule has 0 radical (unpaired) electrons. The number of rotatable bonds is 5. The standard InChI is InChI=1S/C23H27N5O3S.K/c1-2-28-12-9-19(10-13-28)32(30,31)27-23(29)26-22-20-5-3-4-16(20)6-7-21(22)17-8-11-25-18(14-17)15-24;/h6-8,11,14,19H,2-5,9-10,12-13H2,1H3,(H2,25,26,27,29);/q;+1/p-1. The summed E-state index contributed by atoms with van der Waals surface area (Å²) in [5, 5.41) is 11.3. The van der Waals surface area contributed by atoms with E-state index in [9.17, 15) is 18.5 Å². The maximum atomic E-state index is 12.8. The third-order valence-electron chi connectivity index (χ3n) is 6.31. The molecule has 1 saturated heterocycles. The molecule has 0 bridgehead atoms. The molecule has 168 valence electrons. The van der Waals surface area contributed by atoms with Crippen molar-refractivity contribution in [1.29, 1.82) is 5.26 Å². The Kier molecular flexibility index (Phi) is 9.08. The number of amides is 2. The molecule has 0 spiro atoms. The van der Waals surface area contributed by atoms with E-state index >= 15 is 0 Å². The fraction of sp³-hybridized carbons (Fsp3) is 0.435. The first kappa shape index (κ1) is 26.3. The number of hydrogen-bond donors (Lipinski definition) is 1. The molecule has 1 aromatic heterocycles. The van der Waals surface area contributed by atoms with E-state index in [4.69, 9.17) is 0 Å². The molecule has 1 aliphatic heterocycles. The first-order valence-electron chi connectivity index (χ1n) is 10.9. The number of sulfonamides is 1. The molecule has 0 saturated carbocycles. The molecule has 8 nitrogen and oxygen atoms in total. The van der Waals surface area contributed by atoms with E-state index in [-0.39, 0.29) is 57.1 Å². The minimum absolute atomic E-state index is 0. The molecule has 10 heteroatoms. The fourth-order valence-electron chi connectivity index (χ4n) is 4.55. The van der Waals surface area contributed by atoms with Gasteiger partial charge in [-0.2, -0.15) is 5.26 Å². The number of carbonyl (C=O) groups is 1. The second-order valence-electron chi connectivity index (χ2n) is 8.19. The zero-order chi connectivity index (χ0) is 22.7. The topological polar surface area (TPSA) is 117 Å². The molecule has 2 amide bonds. The summed E-state index contributed by atoms with van der Waals surface area (Å²) in [5.41, 5.74) is 4.42. The third kappa shape index (κ3) is 6.03. The molecule has 1 N–H and O–H groups in total. The van der Waals surface area contributed by atoms with Crippen LogP contribution in [-0.4, -0.2) is 49.2 Å². The number of anilines is 1. The zero-order valence-corrected chi connectivity index (χ0v) is 23.0. The molecule has 2 aromatic rings. The number of urea groups is 1. The van der Waals surface area contributed by atoms with Crippen LogP contribution < -0.4 is 56.7 Å². The van der Waals surface area contributed by atoms with Crippen molar-refractivity contribution in [3.63, 3.8) is 0 Å². The van der Waals surface area contributed by atoms with Gasteiger partial charge in [-0.3, -0.25) is 4.79 Å². The Morgan fingerprint density at radius 2 is 2.03 bits per heavy atom. The summed E-state index contributed by atoms with van der Waals surface area (Å²) in [6.07, 6.45) is 5.16. The minimum Gasteiger partial charge on any atom is -0.423 e. The number of nitrogens with one attached hydrogen (secondary N) is 1. The monoisotopic (exact) mass is 491 g/mol. The molecule has 1 aliphatic carbocycles. The van der Waals surface area contributed by atoms with E-state index in [1.54, 1.807) is 18.3 Å². The second-order valence-corrected chi connectivity index (χ2v) is 10.1. The molecule has 2 aliphatic rings. The summed E-state index contributed by atoms with van der Waals surface area (Å²) in [6.45, 7) is 4.31. The SMILES string of the molecule is CCN1CCC(S(=O)(=O)[N-]C(=O)Nc2c(-c3ccnc(C#N)c3)ccc3c2CCC3)CC1.[K+]. The van der Waals surface area contributed by atoms with E-state index in [0.717, 1.165) is 48.1 Å². The summed E-state index contributed by atoms with van der Waals surface area (Å²) in [7, 11) is -3.90. The number of fused-ring (bicyclic) bond motifs is 1. The number of aryl methyl sites for hydroxylation is 1. The third-order valence-corrected chi connectivity index (χ3v) is 8.05. The van der Waals surface area contributed by atoms with Gasteiger partial charge in [-0.05, 0) is 91.8 Å². The van der Waals surface area contributed by atoms with Crippen molar-refractivity contribution in [2.75, 3.05) is 25.0 Å². The molecular weight excluding hydrogens is 465 g/mol. The number of hydrogen-bond acceptors (Lipinski definition) is 6. The number of aromatic nitrogens is 1. The van der Waals surface area contributed by atoms with Crippen molar-refractivity contribution >= 4 is 21.7 Å². The van der Waals surface area contributed by atoms with Crippen LogP contribution in [0, 0.1) is 11.3 Å². The van der Waals surface area contributed by atoms with Crippen molar-refractivity contribution < 1.29 is 64.6 Å². The normalized spacial score (nSPS) is 16.4. The number of pyridine rings is 1. The van der Waals surface area contributed by atoms with Crippen molar-refractivity contribution in [1.82, 2.24) is 9.88 Å². The van der Waals surface area contributed by atoms with Gasteiger partial charge in [0.2, 0.25) is 0 Å². The van der Waals surface area contributed by atoms with Gasteiger partial charge in [-0.1, -0.05) is 19.1 Å². The van der Waals surface area contributed by atoms with Crippen LogP contribution in [0.15, 0.2) is 30.5 Å². The first-order chi connectivity index (χ1) is 15.4. The molecule has 0 unspecified atom stereocenters. The van der Waals surface area contributed by atoms with Crippen LogP contribution >= 0.6 is 0 Å². The number of piperidine rings is 1. The van der Waals surface area contributed by atoms with Gasteiger partial charge < -0.3 is 14.9 Å². The number of nitrogens with zero attached hydrogens (tertiary/aromatic N) is 4. The van der Waals surface area contributed by atoms with Crippen LogP contribution in [0.2, 0.25) is 0 Å². The van der Waals surface area contributed by atoms with Crippen molar-refractivity contribution in [2.24, 2.45) is 0 Å². The van der Waals surface area contributed by atoms with E-state index in [0.29, 0.717) is 31.6 Å². The largest absolute Gasteiger partial charge is 1.00 e. The Bertz CT molecular complexity index is 1170. The van der Waals surface area contributed by atoms with E-state index in [1.165, 1.54) is 0 Å². The Labute approximate surface area is 237 Å². The van der Waals surface area contributed by atoms with Gasteiger partial charge in [-0.15, -0.1) is 0 Å². The predicted octanol–water partition coefficient (Wildman–Crippen LogP) is 0.833. The van der Waals surface area contributed by atoms with E-state index < -0.39 is 21.3 Å². The molecule has 1 aromatic carbocycles. The van der Waals surface area contributed by atoms with Crippen LogP contribution in [0.1, 0.15) is 43.0 Å². The van der Waals surface area contributed by atoms with Gasteiger partial charge in [0.15, 0.2) is 16.1 Å². The average Bonchev–Trinajstić information content (AvgIpc) is 3.28. The van der Waals surface area contributed by atoms with Crippen molar-refractivity contribution in [3.05, 3.63) is 52.0 Å². The van der Waals surface area contributed by atoms with Gasteiger partial charge in [0.05, 0.1) is 5.25 Å². The number of benzene rings is 1. The zero-order valence-electron chi connectivity index (χ0n) is 19.0. The van der Waals surface area contributed by atoms with Gasteiger partial charge in [0.25, 0.3) is 0 Å². The van der Waals surface area contributed by atoms with Crippen LogP contribution in [0.4, 0.5) is 10.5 Å². The number of carbonyl (C=O) groups excluding carboxylic acids is 1. The van der Waals surface area contributed by atoms with Crippen molar-refractivity contribution in [2.45, 2.75) is 44.3 Å². The van der Waals surface area contributed by atoms with Gasteiger partial charge in [0, 0.05) is 6.20 Å². The van der Waals surface area contributed by atoms with E-state index in [1.807, 2.05) is 25.1 Å². The van der Waals surface area contributed by atoms with E-state index in [2.05, 4.69) is 19.9 Å². The van der Waals surface area contributed by atoms with Crippen LogP contribution in [0.3, 0.4) is 0 Å². The second kappa shape index (κ2) is 11.4. The molecular formula is C23H26KN5O3S. The maximum Gasteiger partial charge on any atom is 1.00 e. The fourth-order valence-corrected chi connectivity index (χ4v) is 5.78. The summed E-state index contributed by atoms with van der Waals surface area (Å²) < 4.78 is 29.1. The Hall–Kier alpha value is -1.32. The Balaban J connectivity index is 0.00000306. The van der Waals surface area contributed by atoms with Gasteiger partial charge in [0.1, 0.15) is 11.8 Å². The number of likely N-dealkylation sites (tertiary alicyclic amines) is 1. The van der Waals surface area contributed by atoms with Crippen LogP contribution in [-0.2, 0) is 22.9 Å². The predicted molar refractivity (Wildman–Crippen MR) is 123 cm³/mol. The Morgan fingerprint density at radius 3 is 2.73 bits per heavy atom. The molecule has 2 heterocycles. The molecule has 4 rings (SSSR count). The van der Waals surface area contributed by atoms with Gasteiger partial charge in [-0.25, -0.2) is 13.4 Å². The molecule has 0 atom stereocenters. The summed E-state index contributed by atoms with van der Waals surface area (Å²) in [4.78, 5) is 19.0. The Morgan fingerprint density at radius 1 is 1.27 bits per heavy atom. The summed E-state index contributed by atoms with van der Waals surface area (Å²) in [6, 6.07) is 8.49. The quantitative estimate of drug-likeness (QED) is 0.619. The van der Waals surface area contributed by atoms with Crippen molar-refractivity contribution in [3.8, 4) is 17.2 Å². The summed E-state index contributed by atoms with van der Waals surface area (Å²) >= 11 is 0. The van der Waals surface area contributed by atoms with Crippen LogP contribution in [0.25, 0.3) is 15.8 Å². The first-order valence-corrected chi connectivity index (χ1v) is 12.4. The maximum absolute atomic E-state index is 12.8. The van der Waals surface area contributed by atoms with Gasteiger partial charge >= 0.3 is 51.4 Å². The molecule has 1 fully saturated rings. The minimum atomic E-state index is -3.90. The number of nitriles is 1. The van der Waals surface area contributed by atoms with Crippen LogP contribution in [0.5, 0.6) is 0 Å².